The van der Waals surface area contributed by atoms with Crippen LogP contribution in [0.15, 0.2) is 41.3 Å². The molecule has 1 aliphatic heterocycles. The van der Waals surface area contributed by atoms with E-state index >= 15 is 0 Å². The van der Waals surface area contributed by atoms with Crippen molar-refractivity contribution >= 4 is 27.5 Å². The standard InChI is InChI=1S/C21H23NO6S/c1-13-3-5-15-6-4-14(2)22(19(15)9-13)7-8-29(27,28)18-11-16(20(23)24)10-17(12-18)21(25)26/h3,5,9-12,14H,4,6-8H2,1-2H3,(H,23,24)(H,25,26). The van der Waals surface area contributed by atoms with Gasteiger partial charge in [0.1, 0.15) is 0 Å². The third-order valence-electron chi connectivity index (χ3n) is 5.27. The van der Waals surface area contributed by atoms with Crippen molar-refractivity contribution in [1.82, 2.24) is 0 Å². The summed E-state index contributed by atoms with van der Waals surface area (Å²) in [5.74, 6) is -3.00. The molecule has 2 aromatic rings. The van der Waals surface area contributed by atoms with Gasteiger partial charge in [-0.05, 0) is 62.1 Å². The molecule has 0 bridgehead atoms. The zero-order valence-electron chi connectivity index (χ0n) is 16.3. The summed E-state index contributed by atoms with van der Waals surface area (Å²) in [7, 11) is -3.88. The van der Waals surface area contributed by atoms with Crippen LogP contribution in [-0.2, 0) is 16.3 Å². The number of carbonyl (C=O) groups is 2. The van der Waals surface area contributed by atoms with Gasteiger partial charge in [0.15, 0.2) is 9.84 Å². The Morgan fingerprint density at radius 1 is 1.07 bits per heavy atom. The van der Waals surface area contributed by atoms with Crippen molar-refractivity contribution in [2.24, 2.45) is 0 Å². The lowest BCUT2D eigenvalue weighted by atomic mass is 9.95. The van der Waals surface area contributed by atoms with Crippen LogP contribution in [0.3, 0.4) is 0 Å². The van der Waals surface area contributed by atoms with Gasteiger partial charge in [0, 0.05) is 18.3 Å². The number of nitrogens with zero attached hydrogens (tertiary/aromatic N) is 1. The summed E-state index contributed by atoms with van der Waals surface area (Å²) in [6.07, 6.45) is 1.84. The molecule has 1 unspecified atom stereocenters. The van der Waals surface area contributed by atoms with E-state index in [4.69, 9.17) is 0 Å². The highest BCUT2D eigenvalue weighted by atomic mass is 32.2. The lowest BCUT2D eigenvalue weighted by molar-refractivity contribution is 0.0696. The molecule has 29 heavy (non-hydrogen) atoms. The molecule has 0 aromatic heterocycles. The van der Waals surface area contributed by atoms with Crippen LogP contribution in [0.5, 0.6) is 0 Å². The van der Waals surface area contributed by atoms with E-state index in [0.717, 1.165) is 42.3 Å². The number of aryl methyl sites for hydroxylation is 2. The quantitative estimate of drug-likeness (QED) is 0.743. The van der Waals surface area contributed by atoms with E-state index in [0.29, 0.717) is 0 Å². The summed E-state index contributed by atoms with van der Waals surface area (Å²) >= 11 is 0. The van der Waals surface area contributed by atoms with E-state index in [-0.39, 0.29) is 34.4 Å². The number of anilines is 1. The van der Waals surface area contributed by atoms with Crippen LogP contribution < -0.4 is 4.90 Å². The molecule has 2 aromatic carbocycles. The van der Waals surface area contributed by atoms with Crippen molar-refractivity contribution < 1.29 is 28.2 Å². The van der Waals surface area contributed by atoms with Gasteiger partial charge in [-0.2, -0.15) is 0 Å². The predicted molar refractivity (Wildman–Crippen MR) is 109 cm³/mol. The van der Waals surface area contributed by atoms with Crippen LogP contribution in [0.4, 0.5) is 5.69 Å². The van der Waals surface area contributed by atoms with Gasteiger partial charge in [-0.3, -0.25) is 0 Å². The van der Waals surface area contributed by atoms with Crippen molar-refractivity contribution in [3.8, 4) is 0 Å². The highest BCUT2D eigenvalue weighted by Crippen LogP contribution is 2.31. The Balaban J connectivity index is 1.90. The summed E-state index contributed by atoms with van der Waals surface area (Å²) in [5, 5.41) is 18.4. The normalized spacial score (nSPS) is 16.3. The van der Waals surface area contributed by atoms with E-state index in [9.17, 15) is 28.2 Å². The molecular formula is C21H23NO6S. The molecule has 8 heteroatoms. The molecule has 1 heterocycles. The third-order valence-corrected chi connectivity index (χ3v) is 6.95. The fourth-order valence-electron chi connectivity index (χ4n) is 3.61. The molecule has 7 nitrogen and oxygen atoms in total. The zero-order valence-corrected chi connectivity index (χ0v) is 17.1. The van der Waals surface area contributed by atoms with Crippen LogP contribution in [0.25, 0.3) is 0 Å². The van der Waals surface area contributed by atoms with Crippen molar-refractivity contribution in [1.29, 1.82) is 0 Å². The van der Waals surface area contributed by atoms with Crippen LogP contribution in [0.1, 0.15) is 45.2 Å². The maximum absolute atomic E-state index is 12.9. The van der Waals surface area contributed by atoms with Crippen molar-refractivity contribution in [3.63, 3.8) is 0 Å². The topological polar surface area (TPSA) is 112 Å². The van der Waals surface area contributed by atoms with Crippen molar-refractivity contribution in [2.75, 3.05) is 17.2 Å². The van der Waals surface area contributed by atoms with Crippen LogP contribution in [0, 0.1) is 6.92 Å². The second kappa shape index (κ2) is 7.87. The number of fused-ring (bicyclic) bond motifs is 1. The summed E-state index contributed by atoms with van der Waals surface area (Å²) in [5.41, 5.74) is 2.55. The van der Waals surface area contributed by atoms with Crippen molar-refractivity contribution in [3.05, 3.63) is 58.7 Å². The molecular weight excluding hydrogens is 394 g/mol. The Hall–Kier alpha value is -2.87. The van der Waals surface area contributed by atoms with E-state index < -0.39 is 21.8 Å². The molecule has 2 N–H and O–H groups in total. The minimum atomic E-state index is -3.88. The molecule has 1 atom stereocenters. The molecule has 0 fully saturated rings. The number of hydrogen-bond acceptors (Lipinski definition) is 5. The molecule has 0 spiro atoms. The first kappa shape index (κ1) is 20.9. The Bertz CT molecular complexity index is 1040. The van der Waals surface area contributed by atoms with E-state index in [1.165, 1.54) is 5.56 Å². The maximum Gasteiger partial charge on any atom is 0.335 e. The van der Waals surface area contributed by atoms with Gasteiger partial charge in [0.05, 0.1) is 21.8 Å². The van der Waals surface area contributed by atoms with Gasteiger partial charge in [0.25, 0.3) is 0 Å². The summed E-state index contributed by atoms with van der Waals surface area (Å²) in [6, 6.07) is 9.30. The minimum absolute atomic E-state index is 0.166. The predicted octanol–water partition coefficient (Wildman–Crippen LogP) is 3.01. The molecule has 0 saturated heterocycles. The first-order valence-corrected chi connectivity index (χ1v) is 10.9. The van der Waals surface area contributed by atoms with E-state index in [1.807, 2.05) is 26.0 Å². The third kappa shape index (κ3) is 4.42. The monoisotopic (exact) mass is 417 g/mol. The largest absolute Gasteiger partial charge is 0.478 e. The number of hydrogen-bond donors (Lipinski definition) is 2. The second-order valence-electron chi connectivity index (χ2n) is 7.39. The summed E-state index contributed by atoms with van der Waals surface area (Å²) in [4.78, 5) is 24.3. The van der Waals surface area contributed by atoms with Gasteiger partial charge < -0.3 is 15.1 Å². The number of carboxylic acids is 2. The minimum Gasteiger partial charge on any atom is -0.478 e. The molecule has 3 rings (SSSR count). The summed E-state index contributed by atoms with van der Waals surface area (Å²) < 4.78 is 25.8. The van der Waals surface area contributed by atoms with E-state index in [2.05, 4.69) is 11.0 Å². The number of carboxylic acid groups (broad SMARTS) is 2. The molecule has 0 radical (unpaired) electrons. The fourth-order valence-corrected chi connectivity index (χ4v) is 4.90. The maximum atomic E-state index is 12.9. The lowest BCUT2D eigenvalue weighted by Gasteiger charge is -2.37. The first-order chi connectivity index (χ1) is 13.6. The van der Waals surface area contributed by atoms with Crippen LogP contribution in [-0.4, -0.2) is 48.9 Å². The highest BCUT2D eigenvalue weighted by molar-refractivity contribution is 7.91. The second-order valence-corrected chi connectivity index (χ2v) is 9.50. The zero-order chi connectivity index (χ0) is 21.3. The van der Waals surface area contributed by atoms with E-state index in [1.54, 1.807) is 0 Å². The molecule has 1 aliphatic rings. The molecule has 0 saturated carbocycles. The fraction of sp³-hybridized carbons (Fsp3) is 0.333. The molecule has 0 amide bonds. The average Bonchev–Trinajstić information content (AvgIpc) is 2.66. The Morgan fingerprint density at radius 2 is 1.69 bits per heavy atom. The first-order valence-electron chi connectivity index (χ1n) is 9.29. The Labute approximate surface area is 169 Å². The van der Waals surface area contributed by atoms with Crippen molar-refractivity contribution in [2.45, 2.75) is 37.6 Å². The molecule has 0 aliphatic carbocycles. The smallest absolute Gasteiger partial charge is 0.335 e. The Kier molecular flexibility index (Phi) is 5.66. The van der Waals surface area contributed by atoms with Gasteiger partial charge in [-0.25, -0.2) is 18.0 Å². The summed E-state index contributed by atoms with van der Waals surface area (Å²) in [6.45, 7) is 4.27. The Morgan fingerprint density at radius 3 is 2.28 bits per heavy atom. The van der Waals surface area contributed by atoms with Gasteiger partial charge in [-0.15, -0.1) is 0 Å². The number of sulfone groups is 1. The van der Waals surface area contributed by atoms with Gasteiger partial charge >= 0.3 is 11.9 Å². The number of rotatable bonds is 6. The number of aromatic carboxylic acids is 2. The average molecular weight is 417 g/mol. The van der Waals surface area contributed by atoms with Gasteiger partial charge in [-0.1, -0.05) is 12.1 Å². The highest BCUT2D eigenvalue weighted by Gasteiger charge is 2.26. The van der Waals surface area contributed by atoms with Crippen LogP contribution >= 0.6 is 0 Å². The molecule has 154 valence electrons. The SMILES string of the molecule is Cc1ccc2c(c1)N(CCS(=O)(=O)c1cc(C(=O)O)cc(C(=O)O)c1)C(C)CC2. The lowest BCUT2D eigenvalue weighted by Crippen LogP contribution is -2.40. The van der Waals surface area contributed by atoms with Gasteiger partial charge in [0.2, 0.25) is 0 Å². The number of benzene rings is 2. The van der Waals surface area contributed by atoms with Crippen LogP contribution in [0.2, 0.25) is 0 Å².